The first-order valence-corrected chi connectivity index (χ1v) is 7.68. The molecule has 3 nitrogen and oxygen atoms in total. The molecule has 0 fully saturated rings. The smallest absolute Gasteiger partial charge is 0.233 e. The molecular formula is C20H19NO2. The van der Waals surface area contributed by atoms with E-state index in [2.05, 4.69) is 6.08 Å². The zero-order valence-electron chi connectivity index (χ0n) is 13.3. The lowest BCUT2D eigenvalue weighted by Gasteiger charge is -2.27. The third-order valence-electron chi connectivity index (χ3n) is 4.16. The molecule has 1 aliphatic rings. The second kappa shape index (κ2) is 6.21. The van der Waals surface area contributed by atoms with Crippen molar-refractivity contribution in [2.75, 3.05) is 14.1 Å². The van der Waals surface area contributed by atoms with Crippen LogP contribution in [0.5, 0.6) is 0 Å². The zero-order valence-corrected chi connectivity index (χ0v) is 13.3. The van der Waals surface area contributed by atoms with Gasteiger partial charge < -0.3 is 4.90 Å². The van der Waals surface area contributed by atoms with Gasteiger partial charge in [0.25, 0.3) is 0 Å². The molecule has 0 bridgehead atoms. The van der Waals surface area contributed by atoms with Crippen LogP contribution in [0.1, 0.15) is 27.9 Å². The first kappa shape index (κ1) is 15.2. The average molecular weight is 305 g/mol. The Morgan fingerprint density at radius 1 is 1.00 bits per heavy atom. The highest BCUT2D eigenvalue weighted by atomic mass is 16.2. The minimum atomic E-state index is -0.630. The van der Waals surface area contributed by atoms with E-state index in [1.165, 1.54) is 4.90 Å². The largest absolute Gasteiger partial charge is 0.348 e. The molecule has 0 saturated carbocycles. The van der Waals surface area contributed by atoms with Gasteiger partial charge in [-0.2, -0.15) is 0 Å². The summed E-state index contributed by atoms with van der Waals surface area (Å²) in [5, 5.41) is 0. The Labute approximate surface area is 136 Å². The molecular weight excluding hydrogens is 286 g/mol. The second-order valence-electron chi connectivity index (χ2n) is 5.98. The van der Waals surface area contributed by atoms with Crippen molar-refractivity contribution < 1.29 is 9.59 Å². The van der Waals surface area contributed by atoms with Gasteiger partial charge in [-0.1, -0.05) is 60.7 Å². The number of amides is 1. The number of ketones is 1. The van der Waals surface area contributed by atoms with Crippen molar-refractivity contribution in [3.05, 3.63) is 71.3 Å². The van der Waals surface area contributed by atoms with Crippen molar-refractivity contribution in [1.29, 1.82) is 0 Å². The summed E-state index contributed by atoms with van der Waals surface area (Å²) in [6, 6.07) is 17.5. The standard InChI is InChI=1S/C20H19NO2/c1-21(2)20(23)18-13-15(12-14-8-4-3-5-9-14)16-10-6-7-11-17(16)19(18)22/h3-12,18H,13H2,1-2H3/b15-12-. The predicted molar refractivity (Wildman–Crippen MR) is 91.9 cm³/mol. The van der Waals surface area contributed by atoms with Crippen LogP contribution in [0, 0.1) is 5.92 Å². The van der Waals surface area contributed by atoms with Gasteiger partial charge in [-0.3, -0.25) is 9.59 Å². The van der Waals surface area contributed by atoms with E-state index in [0.717, 1.165) is 16.7 Å². The van der Waals surface area contributed by atoms with Gasteiger partial charge in [0.2, 0.25) is 5.91 Å². The molecule has 2 aromatic carbocycles. The van der Waals surface area contributed by atoms with Crippen LogP contribution in [0.15, 0.2) is 54.6 Å². The van der Waals surface area contributed by atoms with Gasteiger partial charge in [-0.05, 0) is 23.1 Å². The average Bonchev–Trinajstić information content (AvgIpc) is 2.57. The Kier molecular flexibility index (Phi) is 4.11. The fourth-order valence-electron chi connectivity index (χ4n) is 2.99. The predicted octanol–water partition coefficient (Wildman–Crippen LogP) is 3.52. The minimum absolute atomic E-state index is 0.0792. The van der Waals surface area contributed by atoms with Gasteiger partial charge in [0.15, 0.2) is 5.78 Å². The third-order valence-corrected chi connectivity index (χ3v) is 4.16. The molecule has 0 saturated heterocycles. The first-order valence-electron chi connectivity index (χ1n) is 7.68. The Bertz CT molecular complexity index is 775. The maximum atomic E-state index is 12.7. The topological polar surface area (TPSA) is 37.4 Å². The summed E-state index contributed by atoms with van der Waals surface area (Å²) in [6.45, 7) is 0. The Morgan fingerprint density at radius 2 is 1.61 bits per heavy atom. The summed E-state index contributed by atoms with van der Waals surface area (Å²) >= 11 is 0. The van der Waals surface area contributed by atoms with Crippen LogP contribution in [0.4, 0.5) is 0 Å². The van der Waals surface area contributed by atoms with E-state index in [-0.39, 0.29) is 11.7 Å². The number of nitrogens with zero attached hydrogens (tertiary/aromatic N) is 1. The number of carbonyl (C=O) groups is 2. The molecule has 1 amide bonds. The molecule has 1 aliphatic carbocycles. The number of benzene rings is 2. The van der Waals surface area contributed by atoms with Gasteiger partial charge in [0.1, 0.15) is 5.92 Å². The second-order valence-corrected chi connectivity index (χ2v) is 5.98. The van der Waals surface area contributed by atoms with Crippen LogP contribution in [-0.2, 0) is 4.79 Å². The number of allylic oxidation sites excluding steroid dienone is 1. The number of Topliss-reactive ketones (excluding diaryl/α,β-unsaturated/α-hetero) is 1. The number of carbonyl (C=O) groups excluding carboxylic acids is 2. The van der Waals surface area contributed by atoms with Gasteiger partial charge in [0.05, 0.1) is 0 Å². The molecule has 116 valence electrons. The maximum absolute atomic E-state index is 12.7. The summed E-state index contributed by atoms with van der Waals surface area (Å²) in [6.07, 6.45) is 2.52. The molecule has 2 aromatic rings. The van der Waals surface area contributed by atoms with Crippen LogP contribution in [-0.4, -0.2) is 30.7 Å². The van der Waals surface area contributed by atoms with E-state index in [0.29, 0.717) is 12.0 Å². The number of hydrogen-bond donors (Lipinski definition) is 0. The van der Waals surface area contributed by atoms with E-state index < -0.39 is 5.92 Å². The molecule has 23 heavy (non-hydrogen) atoms. The summed E-state index contributed by atoms with van der Waals surface area (Å²) in [4.78, 5) is 26.6. The molecule has 0 heterocycles. The number of fused-ring (bicyclic) bond motifs is 1. The van der Waals surface area contributed by atoms with Crippen LogP contribution in [0.3, 0.4) is 0 Å². The quantitative estimate of drug-likeness (QED) is 0.796. The fraction of sp³-hybridized carbons (Fsp3) is 0.200. The Hall–Kier alpha value is -2.68. The third kappa shape index (κ3) is 2.95. The highest BCUT2D eigenvalue weighted by molar-refractivity contribution is 6.16. The molecule has 0 aromatic heterocycles. The SMILES string of the molecule is CN(C)C(=O)C1C/C(=C/c2ccccc2)c2ccccc2C1=O. The monoisotopic (exact) mass is 305 g/mol. The molecule has 1 unspecified atom stereocenters. The molecule has 0 radical (unpaired) electrons. The Morgan fingerprint density at radius 3 is 2.26 bits per heavy atom. The van der Waals surface area contributed by atoms with E-state index in [1.807, 2.05) is 54.6 Å². The van der Waals surface area contributed by atoms with E-state index in [1.54, 1.807) is 14.1 Å². The van der Waals surface area contributed by atoms with Crippen LogP contribution in [0.25, 0.3) is 11.6 Å². The molecule has 3 heteroatoms. The van der Waals surface area contributed by atoms with Crippen molar-refractivity contribution in [3.63, 3.8) is 0 Å². The van der Waals surface area contributed by atoms with E-state index in [9.17, 15) is 9.59 Å². The molecule has 3 rings (SSSR count). The van der Waals surface area contributed by atoms with E-state index in [4.69, 9.17) is 0 Å². The molecule has 0 spiro atoms. The maximum Gasteiger partial charge on any atom is 0.233 e. The lowest BCUT2D eigenvalue weighted by Crippen LogP contribution is -2.37. The van der Waals surface area contributed by atoms with Gasteiger partial charge in [-0.15, -0.1) is 0 Å². The van der Waals surface area contributed by atoms with E-state index >= 15 is 0 Å². The van der Waals surface area contributed by atoms with Crippen molar-refractivity contribution in [3.8, 4) is 0 Å². The van der Waals surface area contributed by atoms with Gasteiger partial charge in [-0.25, -0.2) is 0 Å². The minimum Gasteiger partial charge on any atom is -0.348 e. The highest BCUT2D eigenvalue weighted by Crippen LogP contribution is 2.36. The van der Waals surface area contributed by atoms with Crippen molar-refractivity contribution in [1.82, 2.24) is 4.90 Å². The summed E-state index contributed by atoms with van der Waals surface area (Å²) < 4.78 is 0. The normalized spacial score (nSPS) is 18.6. The lowest BCUT2D eigenvalue weighted by molar-refractivity contribution is -0.131. The van der Waals surface area contributed by atoms with Crippen molar-refractivity contribution in [2.45, 2.75) is 6.42 Å². The molecule has 1 atom stereocenters. The zero-order chi connectivity index (χ0) is 16.4. The summed E-state index contributed by atoms with van der Waals surface area (Å²) in [5.41, 5.74) is 3.68. The van der Waals surface area contributed by atoms with Crippen LogP contribution in [0.2, 0.25) is 0 Å². The summed E-state index contributed by atoms with van der Waals surface area (Å²) in [5.74, 6) is -0.845. The van der Waals surface area contributed by atoms with Crippen molar-refractivity contribution in [2.24, 2.45) is 5.92 Å². The molecule has 0 N–H and O–H groups in total. The number of rotatable bonds is 2. The first-order chi connectivity index (χ1) is 11.1. The van der Waals surface area contributed by atoms with Gasteiger partial charge in [0, 0.05) is 19.7 Å². The number of hydrogen-bond acceptors (Lipinski definition) is 2. The van der Waals surface area contributed by atoms with Crippen molar-refractivity contribution >= 4 is 23.3 Å². The fourth-order valence-corrected chi connectivity index (χ4v) is 2.99. The van der Waals surface area contributed by atoms with Gasteiger partial charge >= 0.3 is 0 Å². The molecule has 0 aliphatic heterocycles. The Balaban J connectivity index is 2.09. The van der Waals surface area contributed by atoms with Crippen LogP contribution < -0.4 is 0 Å². The lowest BCUT2D eigenvalue weighted by atomic mass is 9.78. The summed E-state index contributed by atoms with van der Waals surface area (Å²) in [7, 11) is 3.38. The van der Waals surface area contributed by atoms with Crippen LogP contribution >= 0.6 is 0 Å². The highest BCUT2D eigenvalue weighted by Gasteiger charge is 2.35.